The van der Waals surface area contributed by atoms with Crippen molar-refractivity contribution in [3.63, 3.8) is 0 Å². The van der Waals surface area contributed by atoms with Crippen molar-refractivity contribution in [2.24, 2.45) is 5.14 Å². The van der Waals surface area contributed by atoms with E-state index in [2.05, 4.69) is 5.32 Å². The lowest BCUT2D eigenvalue weighted by Crippen LogP contribution is -2.30. The van der Waals surface area contributed by atoms with Crippen LogP contribution in [0.5, 0.6) is 5.75 Å². The third kappa shape index (κ3) is 4.56. The molecule has 7 heteroatoms. The van der Waals surface area contributed by atoms with E-state index in [0.29, 0.717) is 11.4 Å². The average Bonchev–Trinajstić information content (AvgIpc) is 2.50. The SMILES string of the molecule is Cc1ccc(O[C@@H](C)C(=O)Nc2ccc(S(N)(=O)=O)cc2)cc1C. The van der Waals surface area contributed by atoms with Crippen molar-refractivity contribution in [1.29, 1.82) is 0 Å². The molecule has 6 nitrogen and oxygen atoms in total. The van der Waals surface area contributed by atoms with Crippen LogP contribution in [-0.4, -0.2) is 20.4 Å². The summed E-state index contributed by atoms with van der Waals surface area (Å²) in [6.45, 7) is 5.61. The first-order chi connectivity index (χ1) is 11.2. The van der Waals surface area contributed by atoms with Crippen LogP contribution in [0.2, 0.25) is 0 Å². The molecule has 0 heterocycles. The first-order valence-corrected chi connectivity index (χ1v) is 8.89. The number of nitrogens with two attached hydrogens (primary N) is 1. The molecule has 0 aliphatic heterocycles. The molecule has 0 spiro atoms. The zero-order valence-electron chi connectivity index (χ0n) is 13.7. The average molecular weight is 348 g/mol. The Kier molecular flexibility index (Phi) is 5.26. The van der Waals surface area contributed by atoms with Crippen molar-refractivity contribution in [3.05, 3.63) is 53.6 Å². The number of carbonyl (C=O) groups is 1. The summed E-state index contributed by atoms with van der Waals surface area (Å²) in [5.74, 6) is 0.280. The fourth-order valence-electron chi connectivity index (χ4n) is 2.02. The summed E-state index contributed by atoms with van der Waals surface area (Å²) < 4.78 is 28.0. The maximum atomic E-state index is 12.2. The van der Waals surface area contributed by atoms with Gasteiger partial charge in [0.2, 0.25) is 10.0 Å². The van der Waals surface area contributed by atoms with E-state index in [4.69, 9.17) is 9.88 Å². The monoisotopic (exact) mass is 348 g/mol. The van der Waals surface area contributed by atoms with Gasteiger partial charge in [-0.25, -0.2) is 13.6 Å². The van der Waals surface area contributed by atoms with Crippen molar-refractivity contribution in [2.75, 3.05) is 5.32 Å². The van der Waals surface area contributed by atoms with Crippen LogP contribution in [-0.2, 0) is 14.8 Å². The minimum absolute atomic E-state index is 0.0140. The van der Waals surface area contributed by atoms with E-state index in [1.165, 1.54) is 24.3 Å². The smallest absolute Gasteiger partial charge is 0.265 e. The number of anilines is 1. The van der Waals surface area contributed by atoms with Crippen LogP contribution in [0.15, 0.2) is 47.4 Å². The Labute approximate surface area is 141 Å². The number of hydrogen-bond donors (Lipinski definition) is 2. The lowest BCUT2D eigenvalue weighted by molar-refractivity contribution is -0.122. The van der Waals surface area contributed by atoms with Crippen LogP contribution < -0.4 is 15.2 Å². The van der Waals surface area contributed by atoms with Crippen molar-refractivity contribution in [1.82, 2.24) is 0 Å². The maximum absolute atomic E-state index is 12.2. The zero-order valence-corrected chi connectivity index (χ0v) is 14.6. The Bertz CT molecular complexity index is 845. The fourth-order valence-corrected chi connectivity index (χ4v) is 2.53. The number of ether oxygens (including phenoxy) is 1. The second kappa shape index (κ2) is 7.02. The highest BCUT2D eigenvalue weighted by atomic mass is 32.2. The number of amides is 1. The van der Waals surface area contributed by atoms with Gasteiger partial charge in [0.05, 0.1) is 4.90 Å². The predicted octanol–water partition coefficient (Wildman–Crippen LogP) is 2.36. The Morgan fingerprint density at radius 1 is 1.08 bits per heavy atom. The second-order valence-electron chi connectivity index (χ2n) is 5.56. The van der Waals surface area contributed by atoms with Crippen molar-refractivity contribution >= 4 is 21.6 Å². The Balaban J connectivity index is 2.02. The normalized spacial score (nSPS) is 12.5. The molecule has 24 heavy (non-hydrogen) atoms. The van der Waals surface area contributed by atoms with E-state index < -0.39 is 16.1 Å². The van der Waals surface area contributed by atoms with Gasteiger partial charge in [0.15, 0.2) is 6.10 Å². The fraction of sp³-hybridized carbons (Fsp3) is 0.235. The summed E-state index contributed by atoms with van der Waals surface area (Å²) in [7, 11) is -3.75. The summed E-state index contributed by atoms with van der Waals surface area (Å²) in [6, 6.07) is 11.2. The van der Waals surface area contributed by atoms with E-state index >= 15 is 0 Å². The van der Waals surface area contributed by atoms with Crippen LogP contribution in [0.4, 0.5) is 5.69 Å². The summed E-state index contributed by atoms with van der Waals surface area (Å²) in [6.07, 6.45) is -0.704. The highest BCUT2D eigenvalue weighted by molar-refractivity contribution is 7.89. The van der Waals surface area contributed by atoms with E-state index in [1.807, 2.05) is 32.0 Å². The highest BCUT2D eigenvalue weighted by Crippen LogP contribution is 2.18. The molecule has 3 N–H and O–H groups in total. The molecule has 1 atom stereocenters. The van der Waals surface area contributed by atoms with Gasteiger partial charge in [-0.05, 0) is 68.3 Å². The minimum Gasteiger partial charge on any atom is -0.481 e. The predicted molar refractivity (Wildman–Crippen MR) is 92.5 cm³/mol. The number of primary sulfonamides is 1. The topological polar surface area (TPSA) is 98.5 Å². The molecule has 2 aromatic rings. The molecule has 128 valence electrons. The van der Waals surface area contributed by atoms with E-state index in [0.717, 1.165) is 11.1 Å². The molecular weight excluding hydrogens is 328 g/mol. The summed E-state index contributed by atoms with van der Waals surface area (Å²) >= 11 is 0. The number of rotatable bonds is 5. The first kappa shape index (κ1) is 18.0. The third-order valence-electron chi connectivity index (χ3n) is 3.61. The third-order valence-corrected chi connectivity index (χ3v) is 4.54. The second-order valence-corrected chi connectivity index (χ2v) is 7.13. The Morgan fingerprint density at radius 3 is 2.25 bits per heavy atom. The standard InChI is InChI=1S/C17H20N2O4S/c1-11-4-7-15(10-12(11)2)23-13(3)17(20)19-14-5-8-16(9-6-14)24(18,21)22/h4-10,13H,1-3H3,(H,19,20)(H2,18,21,22)/t13-/m0/s1. The quantitative estimate of drug-likeness (QED) is 0.866. The number of hydrogen-bond acceptors (Lipinski definition) is 4. The van der Waals surface area contributed by atoms with Gasteiger partial charge in [-0.3, -0.25) is 4.79 Å². The number of nitrogens with one attached hydrogen (secondary N) is 1. The molecule has 0 fully saturated rings. The van der Waals surface area contributed by atoms with Gasteiger partial charge >= 0.3 is 0 Å². The molecule has 0 bridgehead atoms. The summed E-state index contributed by atoms with van der Waals surface area (Å²) in [5, 5.41) is 7.70. The van der Waals surface area contributed by atoms with Crippen LogP contribution >= 0.6 is 0 Å². The molecule has 0 aromatic heterocycles. The molecule has 2 aromatic carbocycles. The van der Waals surface area contributed by atoms with Gasteiger partial charge in [0.25, 0.3) is 5.91 Å². The van der Waals surface area contributed by atoms with E-state index in [-0.39, 0.29) is 10.8 Å². The van der Waals surface area contributed by atoms with Gasteiger partial charge in [0.1, 0.15) is 5.75 Å². The molecule has 1 amide bonds. The lowest BCUT2D eigenvalue weighted by atomic mass is 10.1. The molecule has 0 saturated carbocycles. The summed E-state index contributed by atoms with van der Waals surface area (Å²) in [4.78, 5) is 12.2. The number of sulfonamides is 1. The zero-order chi connectivity index (χ0) is 17.9. The molecule has 0 saturated heterocycles. The Hall–Kier alpha value is -2.38. The molecule has 0 aliphatic rings. The molecule has 0 unspecified atom stereocenters. The number of aryl methyl sites for hydroxylation is 2. The largest absolute Gasteiger partial charge is 0.481 e. The number of carbonyl (C=O) groups excluding carboxylic acids is 1. The van der Waals surface area contributed by atoms with Gasteiger partial charge in [-0.15, -0.1) is 0 Å². The molecule has 0 radical (unpaired) electrons. The van der Waals surface area contributed by atoms with Gasteiger partial charge in [-0.1, -0.05) is 6.07 Å². The van der Waals surface area contributed by atoms with Gasteiger partial charge in [-0.2, -0.15) is 0 Å². The minimum atomic E-state index is -3.75. The van der Waals surface area contributed by atoms with Crippen molar-refractivity contribution in [2.45, 2.75) is 31.8 Å². The van der Waals surface area contributed by atoms with Crippen LogP contribution in [0.25, 0.3) is 0 Å². The van der Waals surface area contributed by atoms with Crippen molar-refractivity contribution < 1.29 is 17.9 Å². The lowest BCUT2D eigenvalue weighted by Gasteiger charge is -2.15. The van der Waals surface area contributed by atoms with Gasteiger partial charge in [0, 0.05) is 5.69 Å². The number of benzene rings is 2. The highest BCUT2D eigenvalue weighted by Gasteiger charge is 2.15. The van der Waals surface area contributed by atoms with Crippen LogP contribution in [0.1, 0.15) is 18.1 Å². The van der Waals surface area contributed by atoms with E-state index in [1.54, 1.807) is 6.92 Å². The van der Waals surface area contributed by atoms with Crippen LogP contribution in [0, 0.1) is 13.8 Å². The van der Waals surface area contributed by atoms with Crippen LogP contribution in [0.3, 0.4) is 0 Å². The Morgan fingerprint density at radius 2 is 1.71 bits per heavy atom. The van der Waals surface area contributed by atoms with E-state index in [9.17, 15) is 13.2 Å². The summed E-state index contributed by atoms with van der Waals surface area (Å²) in [5.41, 5.74) is 2.69. The molecule has 2 rings (SSSR count). The maximum Gasteiger partial charge on any atom is 0.265 e. The first-order valence-electron chi connectivity index (χ1n) is 7.34. The molecule has 0 aliphatic carbocycles. The van der Waals surface area contributed by atoms with Gasteiger partial charge < -0.3 is 10.1 Å². The van der Waals surface area contributed by atoms with Crippen molar-refractivity contribution in [3.8, 4) is 5.75 Å². The molecular formula is C17H20N2O4S.